The molecule has 4 saturated heterocycles. The first-order valence-corrected chi connectivity index (χ1v) is 15.2. The number of likely N-dealkylation sites (tertiary alicyclic amines) is 1. The minimum atomic E-state index is 0.204. The molecule has 4 atom stereocenters. The fourth-order valence-electron chi connectivity index (χ4n) is 6.90. The third-order valence-electron chi connectivity index (χ3n) is 8.93. The highest BCUT2D eigenvalue weighted by molar-refractivity contribution is 7.21. The largest absolute Gasteiger partial charge is 0.395 e. The van der Waals surface area contributed by atoms with Gasteiger partial charge in [-0.05, 0) is 25.5 Å². The Labute approximate surface area is 242 Å². The molecular formula is C29H33N9O2S. The molecule has 4 fully saturated rings. The first-order valence-electron chi connectivity index (χ1n) is 14.4. The lowest BCUT2D eigenvalue weighted by atomic mass is 10.0. The molecule has 0 amide bonds. The second-order valence-electron chi connectivity index (χ2n) is 11.7. The maximum Gasteiger partial charge on any atom is 0.227 e. The number of aromatic nitrogens is 5. The Balaban J connectivity index is 1.00. The van der Waals surface area contributed by atoms with Gasteiger partial charge in [0.2, 0.25) is 5.95 Å². The zero-order valence-electron chi connectivity index (χ0n) is 23.0. The SMILES string of the molecule is Cc1cc(Nc2cc3nc(-c4ccnc(N5C[C@H]6COC[C@H]6C5)c4)sc3cn2)nc(N2C[C@@H]3C[C@H]2CN3CCO)n1. The molecule has 11 nitrogen and oxygen atoms in total. The Morgan fingerprint density at radius 3 is 2.68 bits per heavy atom. The average Bonchev–Trinajstić information content (AvgIpc) is 3.79. The highest BCUT2D eigenvalue weighted by Crippen LogP contribution is 2.36. The van der Waals surface area contributed by atoms with Gasteiger partial charge in [0.05, 0.1) is 30.0 Å². The lowest BCUT2D eigenvalue weighted by Crippen LogP contribution is -2.47. The summed E-state index contributed by atoms with van der Waals surface area (Å²) in [7, 11) is 0. The summed E-state index contributed by atoms with van der Waals surface area (Å²) in [6, 6.07) is 8.97. The highest BCUT2D eigenvalue weighted by atomic mass is 32.1. The minimum absolute atomic E-state index is 0.204. The Bertz CT molecular complexity index is 1590. The van der Waals surface area contributed by atoms with Gasteiger partial charge in [-0.25, -0.2) is 19.9 Å². The average molecular weight is 572 g/mol. The fraction of sp³-hybridized carbons (Fsp3) is 0.483. The molecule has 2 bridgehead atoms. The van der Waals surface area contributed by atoms with Crippen molar-refractivity contribution in [2.45, 2.75) is 25.4 Å². The van der Waals surface area contributed by atoms with Crippen molar-refractivity contribution in [3.63, 3.8) is 0 Å². The van der Waals surface area contributed by atoms with Crippen LogP contribution in [-0.2, 0) is 4.74 Å². The number of β-amino-alcohol motifs (C(OH)–C–C–N with tert-alkyl or cyclic N) is 1. The van der Waals surface area contributed by atoms with E-state index in [-0.39, 0.29) is 6.61 Å². The predicted octanol–water partition coefficient (Wildman–Crippen LogP) is 2.93. The van der Waals surface area contributed by atoms with E-state index in [0.717, 1.165) is 96.4 Å². The molecule has 0 aromatic carbocycles. The van der Waals surface area contributed by atoms with Crippen molar-refractivity contribution >= 4 is 45.0 Å². The van der Waals surface area contributed by atoms with Crippen LogP contribution in [0.1, 0.15) is 12.1 Å². The Hall–Kier alpha value is -3.45. The summed E-state index contributed by atoms with van der Waals surface area (Å²) in [6.07, 6.45) is 4.86. The molecular weight excluding hydrogens is 538 g/mol. The Morgan fingerprint density at radius 1 is 1.00 bits per heavy atom. The Kier molecular flexibility index (Phi) is 6.24. The van der Waals surface area contributed by atoms with Crippen LogP contribution in [0.3, 0.4) is 0 Å². The molecule has 4 aliphatic heterocycles. The summed E-state index contributed by atoms with van der Waals surface area (Å²) in [4.78, 5) is 31.0. The molecule has 0 spiro atoms. The van der Waals surface area contributed by atoms with Crippen LogP contribution in [0.5, 0.6) is 0 Å². The number of pyridine rings is 2. The number of aliphatic hydroxyl groups is 1. The van der Waals surface area contributed by atoms with E-state index in [1.54, 1.807) is 11.3 Å². The maximum absolute atomic E-state index is 9.35. The van der Waals surface area contributed by atoms with E-state index in [2.05, 4.69) is 36.1 Å². The first kappa shape index (κ1) is 25.3. The topological polar surface area (TPSA) is 116 Å². The molecule has 0 unspecified atom stereocenters. The van der Waals surface area contributed by atoms with Crippen LogP contribution in [0.4, 0.5) is 23.4 Å². The van der Waals surface area contributed by atoms with Crippen molar-refractivity contribution in [2.24, 2.45) is 11.8 Å². The number of thiazole rings is 1. The van der Waals surface area contributed by atoms with E-state index in [0.29, 0.717) is 29.7 Å². The lowest BCUT2D eigenvalue weighted by molar-refractivity contribution is 0.176. The normalized spacial score (nSPS) is 25.5. The first-order chi connectivity index (χ1) is 20.1. The number of nitrogens with zero attached hydrogens (tertiary/aromatic N) is 8. The van der Waals surface area contributed by atoms with Gasteiger partial charge in [0.1, 0.15) is 22.5 Å². The highest BCUT2D eigenvalue weighted by Gasteiger charge is 2.44. The molecule has 0 saturated carbocycles. The summed E-state index contributed by atoms with van der Waals surface area (Å²) in [5.41, 5.74) is 2.89. The summed E-state index contributed by atoms with van der Waals surface area (Å²) < 4.78 is 6.68. The quantitative estimate of drug-likeness (QED) is 0.341. The van der Waals surface area contributed by atoms with Gasteiger partial charge in [-0.15, -0.1) is 11.3 Å². The number of piperazine rings is 1. The second kappa shape index (κ2) is 10.1. The van der Waals surface area contributed by atoms with Crippen LogP contribution in [0.25, 0.3) is 20.8 Å². The third-order valence-corrected chi connectivity index (χ3v) is 9.98. The zero-order valence-corrected chi connectivity index (χ0v) is 23.8. The van der Waals surface area contributed by atoms with Gasteiger partial charge in [-0.1, -0.05) is 0 Å². The molecule has 4 aromatic rings. The van der Waals surface area contributed by atoms with E-state index in [1.165, 1.54) is 0 Å². The number of nitrogens with one attached hydrogen (secondary N) is 1. The molecule has 212 valence electrons. The van der Waals surface area contributed by atoms with E-state index < -0.39 is 0 Å². The van der Waals surface area contributed by atoms with Crippen molar-refractivity contribution in [2.75, 3.05) is 67.7 Å². The molecule has 4 aromatic heterocycles. The van der Waals surface area contributed by atoms with Gasteiger partial charge in [0, 0.05) is 92.4 Å². The molecule has 41 heavy (non-hydrogen) atoms. The summed E-state index contributed by atoms with van der Waals surface area (Å²) in [6.45, 7) is 8.51. The molecule has 4 aliphatic rings. The van der Waals surface area contributed by atoms with Crippen molar-refractivity contribution in [3.05, 3.63) is 42.4 Å². The lowest BCUT2D eigenvalue weighted by Gasteiger charge is -2.34. The van der Waals surface area contributed by atoms with Crippen LogP contribution < -0.4 is 15.1 Å². The van der Waals surface area contributed by atoms with Crippen LogP contribution >= 0.6 is 11.3 Å². The van der Waals surface area contributed by atoms with Gasteiger partial charge in [-0.2, -0.15) is 4.98 Å². The second-order valence-corrected chi connectivity index (χ2v) is 12.7. The molecule has 8 heterocycles. The number of anilines is 4. The standard InChI is InChI=1S/C29H33N9O2S/c1-17-6-26(35-29(32-17)38-14-21-8-22(38)13-36(21)4-5-39)34-25-9-23-24(10-31-25)41-28(33-23)18-2-3-30-27(7-18)37-11-19-15-40-16-20(19)12-37/h2-3,6-7,9-10,19-22,39H,4-5,8,11-16H2,1H3,(H,31,32,34,35)/t19-,20+,21-,22-/m0/s1. The van der Waals surface area contributed by atoms with Gasteiger partial charge in [-0.3, -0.25) is 4.90 Å². The van der Waals surface area contributed by atoms with E-state index >= 15 is 0 Å². The van der Waals surface area contributed by atoms with E-state index in [4.69, 9.17) is 19.7 Å². The van der Waals surface area contributed by atoms with Gasteiger partial charge >= 0.3 is 0 Å². The van der Waals surface area contributed by atoms with E-state index in [1.807, 2.05) is 37.5 Å². The van der Waals surface area contributed by atoms with Crippen molar-refractivity contribution in [1.29, 1.82) is 0 Å². The van der Waals surface area contributed by atoms with E-state index in [9.17, 15) is 5.11 Å². The number of aryl methyl sites for hydroxylation is 1. The van der Waals surface area contributed by atoms with Crippen LogP contribution in [0.2, 0.25) is 0 Å². The van der Waals surface area contributed by atoms with Gasteiger partial charge < -0.3 is 25.0 Å². The molecule has 12 heteroatoms. The molecule has 0 radical (unpaired) electrons. The summed E-state index contributed by atoms with van der Waals surface area (Å²) in [5.74, 6) is 4.42. The van der Waals surface area contributed by atoms with Crippen LogP contribution in [-0.4, -0.2) is 99.6 Å². The van der Waals surface area contributed by atoms with Crippen molar-refractivity contribution < 1.29 is 9.84 Å². The number of ether oxygens (including phenoxy) is 1. The third kappa shape index (κ3) is 4.68. The summed E-state index contributed by atoms with van der Waals surface area (Å²) in [5, 5.41) is 13.7. The number of hydrogen-bond acceptors (Lipinski definition) is 12. The van der Waals surface area contributed by atoms with Crippen LogP contribution in [0.15, 0.2) is 36.7 Å². The van der Waals surface area contributed by atoms with Crippen LogP contribution in [0, 0.1) is 18.8 Å². The monoisotopic (exact) mass is 571 g/mol. The zero-order chi connectivity index (χ0) is 27.5. The van der Waals surface area contributed by atoms with Crippen molar-refractivity contribution in [1.82, 2.24) is 29.8 Å². The molecule has 8 rings (SSSR count). The molecule has 2 N–H and O–H groups in total. The fourth-order valence-corrected chi connectivity index (χ4v) is 7.81. The van der Waals surface area contributed by atoms with Gasteiger partial charge in [0.25, 0.3) is 0 Å². The van der Waals surface area contributed by atoms with Gasteiger partial charge in [0.15, 0.2) is 0 Å². The summed E-state index contributed by atoms with van der Waals surface area (Å²) >= 11 is 1.65. The van der Waals surface area contributed by atoms with Crippen molar-refractivity contribution in [3.8, 4) is 10.6 Å². The molecule has 0 aliphatic carbocycles. The number of rotatable bonds is 7. The maximum atomic E-state index is 9.35. The Morgan fingerprint density at radius 2 is 1.88 bits per heavy atom. The number of aliphatic hydroxyl groups excluding tert-OH is 1. The number of fused-ring (bicyclic) bond motifs is 4. The predicted molar refractivity (Wildman–Crippen MR) is 159 cm³/mol. The number of hydrogen-bond donors (Lipinski definition) is 2. The minimum Gasteiger partial charge on any atom is -0.395 e. The smallest absolute Gasteiger partial charge is 0.227 e.